The highest BCUT2D eigenvalue weighted by Gasteiger charge is 2.03. The molecule has 0 aliphatic carbocycles. The van der Waals surface area contributed by atoms with Gasteiger partial charge in [-0.05, 0) is 17.7 Å². The monoisotopic (exact) mass is 326 g/mol. The first-order valence-corrected chi connectivity index (χ1v) is 7.22. The standard InChI is InChI=1S/C15H16Cl2N2O2/c1-20-7-6-18-9-11-2-5-15(19-10-11)21-12-3-4-13(16)14(17)8-12/h2-5,8,10,18H,6-7,9H2,1H3. The first-order valence-electron chi connectivity index (χ1n) is 6.46. The molecule has 0 amide bonds. The van der Waals surface area contributed by atoms with Crippen LogP contribution in [0.5, 0.6) is 11.6 Å². The summed E-state index contributed by atoms with van der Waals surface area (Å²) >= 11 is 11.8. The second-order valence-electron chi connectivity index (χ2n) is 4.35. The molecule has 2 aromatic rings. The molecule has 21 heavy (non-hydrogen) atoms. The van der Waals surface area contributed by atoms with Crippen LogP contribution in [0.2, 0.25) is 10.0 Å². The largest absolute Gasteiger partial charge is 0.439 e. The lowest BCUT2D eigenvalue weighted by molar-refractivity contribution is 0.199. The molecule has 0 aliphatic rings. The molecule has 4 nitrogen and oxygen atoms in total. The Hall–Kier alpha value is -1.33. The van der Waals surface area contributed by atoms with Gasteiger partial charge in [0.05, 0.1) is 16.7 Å². The van der Waals surface area contributed by atoms with Crippen LogP contribution in [0.1, 0.15) is 5.56 Å². The molecule has 1 aromatic heterocycles. The molecule has 0 aliphatic heterocycles. The number of hydrogen-bond donors (Lipinski definition) is 1. The smallest absolute Gasteiger partial charge is 0.219 e. The van der Waals surface area contributed by atoms with Gasteiger partial charge >= 0.3 is 0 Å². The van der Waals surface area contributed by atoms with E-state index in [1.165, 1.54) is 0 Å². The average molecular weight is 327 g/mol. The SMILES string of the molecule is COCCNCc1ccc(Oc2ccc(Cl)c(Cl)c2)nc1. The summed E-state index contributed by atoms with van der Waals surface area (Å²) in [6.07, 6.45) is 1.77. The number of aromatic nitrogens is 1. The zero-order chi connectivity index (χ0) is 15.1. The topological polar surface area (TPSA) is 43.4 Å². The van der Waals surface area contributed by atoms with E-state index >= 15 is 0 Å². The van der Waals surface area contributed by atoms with Gasteiger partial charge in [0.2, 0.25) is 5.88 Å². The maximum absolute atomic E-state index is 5.94. The number of halogens is 2. The van der Waals surface area contributed by atoms with Gasteiger partial charge in [0, 0.05) is 38.5 Å². The molecule has 6 heteroatoms. The number of rotatable bonds is 7. The minimum absolute atomic E-state index is 0.452. The van der Waals surface area contributed by atoms with Gasteiger partial charge < -0.3 is 14.8 Å². The van der Waals surface area contributed by atoms with Crippen molar-refractivity contribution >= 4 is 23.2 Å². The summed E-state index contributed by atoms with van der Waals surface area (Å²) in [4.78, 5) is 4.26. The first-order chi connectivity index (χ1) is 10.2. The molecule has 0 spiro atoms. The predicted molar refractivity (Wildman–Crippen MR) is 84.4 cm³/mol. The second-order valence-corrected chi connectivity index (χ2v) is 5.17. The van der Waals surface area contributed by atoms with Crippen LogP contribution in [0.3, 0.4) is 0 Å². The van der Waals surface area contributed by atoms with Crippen molar-refractivity contribution in [1.82, 2.24) is 10.3 Å². The molecule has 2 rings (SSSR count). The number of hydrogen-bond acceptors (Lipinski definition) is 4. The van der Waals surface area contributed by atoms with Crippen LogP contribution < -0.4 is 10.1 Å². The van der Waals surface area contributed by atoms with Crippen molar-refractivity contribution in [3.8, 4) is 11.6 Å². The van der Waals surface area contributed by atoms with Crippen LogP contribution in [-0.4, -0.2) is 25.2 Å². The molecule has 0 saturated heterocycles. The third-order valence-corrected chi connectivity index (χ3v) is 3.46. The lowest BCUT2D eigenvalue weighted by atomic mass is 10.3. The van der Waals surface area contributed by atoms with Crippen molar-refractivity contribution in [1.29, 1.82) is 0 Å². The summed E-state index contributed by atoms with van der Waals surface area (Å²) in [5.41, 5.74) is 1.08. The van der Waals surface area contributed by atoms with E-state index in [0.29, 0.717) is 28.3 Å². The number of ether oxygens (including phenoxy) is 2. The van der Waals surface area contributed by atoms with Gasteiger partial charge in [0.25, 0.3) is 0 Å². The molecule has 0 atom stereocenters. The number of benzene rings is 1. The zero-order valence-electron chi connectivity index (χ0n) is 11.6. The Balaban J connectivity index is 1.91. The number of methoxy groups -OCH3 is 1. The van der Waals surface area contributed by atoms with Crippen LogP contribution in [0.25, 0.3) is 0 Å². The maximum atomic E-state index is 5.94. The molecule has 1 N–H and O–H groups in total. The van der Waals surface area contributed by atoms with Crippen LogP contribution >= 0.6 is 23.2 Å². The predicted octanol–water partition coefficient (Wildman–Crippen LogP) is 3.92. The van der Waals surface area contributed by atoms with Crippen molar-refractivity contribution < 1.29 is 9.47 Å². The average Bonchev–Trinajstić information content (AvgIpc) is 2.49. The van der Waals surface area contributed by atoms with Crippen LogP contribution in [0, 0.1) is 0 Å². The summed E-state index contributed by atoms with van der Waals surface area (Å²) in [5, 5.41) is 4.19. The zero-order valence-corrected chi connectivity index (χ0v) is 13.1. The maximum Gasteiger partial charge on any atom is 0.219 e. The van der Waals surface area contributed by atoms with Gasteiger partial charge in [-0.25, -0.2) is 4.98 Å². The Labute approximate surface area is 134 Å². The van der Waals surface area contributed by atoms with Gasteiger partial charge in [-0.1, -0.05) is 29.3 Å². The Bertz CT molecular complexity index is 576. The fourth-order valence-electron chi connectivity index (χ4n) is 1.64. The van der Waals surface area contributed by atoms with Crippen LogP contribution in [-0.2, 0) is 11.3 Å². The molecule has 1 heterocycles. The highest BCUT2D eigenvalue weighted by atomic mass is 35.5. The third-order valence-electron chi connectivity index (χ3n) is 2.72. The highest BCUT2D eigenvalue weighted by Crippen LogP contribution is 2.28. The molecular weight excluding hydrogens is 311 g/mol. The Kier molecular flexibility index (Phi) is 6.26. The Morgan fingerprint density at radius 3 is 2.67 bits per heavy atom. The Morgan fingerprint density at radius 1 is 1.14 bits per heavy atom. The van der Waals surface area contributed by atoms with Gasteiger partial charge in [-0.3, -0.25) is 0 Å². The summed E-state index contributed by atoms with van der Waals surface area (Å²) in [6, 6.07) is 8.87. The third kappa shape index (κ3) is 5.17. The molecule has 0 unspecified atom stereocenters. The fraction of sp³-hybridized carbons (Fsp3) is 0.267. The van der Waals surface area contributed by atoms with Crippen molar-refractivity contribution in [2.45, 2.75) is 6.54 Å². The molecule has 0 bridgehead atoms. The molecule has 112 valence electrons. The summed E-state index contributed by atoms with van der Waals surface area (Å²) in [6.45, 7) is 2.23. The van der Waals surface area contributed by atoms with E-state index in [9.17, 15) is 0 Å². The molecule has 1 aromatic carbocycles. The van der Waals surface area contributed by atoms with E-state index in [-0.39, 0.29) is 0 Å². The molecular formula is C15H16Cl2N2O2. The van der Waals surface area contributed by atoms with Gasteiger partial charge in [0.15, 0.2) is 0 Å². The summed E-state index contributed by atoms with van der Waals surface area (Å²) in [7, 11) is 1.68. The minimum atomic E-state index is 0.452. The Morgan fingerprint density at radius 2 is 2.00 bits per heavy atom. The lowest BCUT2D eigenvalue weighted by Gasteiger charge is -2.07. The van der Waals surface area contributed by atoms with Crippen molar-refractivity contribution in [2.75, 3.05) is 20.3 Å². The van der Waals surface area contributed by atoms with E-state index in [1.54, 1.807) is 31.5 Å². The number of nitrogens with zero attached hydrogens (tertiary/aromatic N) is 1. The second kappa shape index (κ2) is 8.20. The van der Waals surface area contributed by atoms with Crippen molar-refractivity contribution in [3.63, 3.8) is 0 Å². The van der Waals surface area contributed by atoms with Gasteiger partial charge in [-0.15, -0.1) is 0 Å². The number of nitrogens with one attached hydrogen (secondary N) is 1. The highest BCUT2D eigenvalue weighted by molar-refractivity contribution is 6.42. The normalized spacial score (nSPS) is 10.6. The van der Waals surface area contributed by atoms with E-state index < -0.39 is 0 Å². The summed E-state index contributed by atoms with van der Waals surface area (Å²) in [5.74, 6) is 1.11. The lowest BCUT2D eigenvalue weighted by Crippen LogP contribution is -2.18. The van der Waals surface area contributed by atoms with E-state index in [2.05, 4.69) is 10.3 Å². The van der Waals surface area contributed by atoms with Crippen LogP contribution in [0.15, 0.2) is 36.5 Å². The minimum Gasteiger partial charge on any atom is -0.439 e. The van der Waals surface area contributed by atoms with E-state index in [4.69, 9.17) is 32.7 Å². The fourth-order valence-corrected chi connectivity index (χ4v) is 1.93. The van der Waals surface area contributed by atoms with E-state index in [0.717, 1.165) is 18.7 Å². The van der Waals surface area contributed by atoms with Crippen molar-refractivity contribution in [2.24, 2.45) is 0 Å². The first kappa shape index (κ1) is 16.0. The molecule has 0 radical (unpaired) electrons. The van der Waals surface area contributed by atoms with Crippen LogP contribution in [0.4, 0.5) is 0 Å². The van der Waals surface area contributed by atoms with Crippen molar-refractivity contribution in [3.05, 3.63) is 52.1 Å². The van der Waals surface area contributed by atoms with Gasteiger partial charge in [-0.2, -0.15) is 0 Å². The molecule has 0 fully saturated rings. The number of pyridine rings is 1. The van der Waals surface area contributed by atoms with Gasteiger partial charge in [0.1, 0.15) is 5.75 Å². The summed E-state index contributed by atoms with van der Waals surface area (Å²) < 4.78 is 10.6. The molecule has 0 saturated carbocycles. The quantitative estimate of drug-likeness (QED) is 0.783. The van der Waals surface area contributed by atoms with E-state index in [1.807, 2.05) is 12.1 Å².